The Morgan fingerprint density at radius 1 is 1.18 bits per heavy atom. The van der Waals surface area contributed by atoms with Crippen LogP contribution in [0.4, 0.5) is 10.5 Å². The summed E-state index contributed by atoms with van der Waals surface area (Å²) >= 11 is 0. The van der Waals surface area contributed by atoms with E-state index in [0.717, 1.165) is 22.5 Å². The zero-order valence-electron chi connectivity index (χ0n) is 13.1. The number of ether oxygens (including phenoxy) is 1. The minimum atomic E-state index is -0.499. The normalized spacial score (nSPS) is 11.0. The highest BCUT2D eigenvalue weighted by atomic mass is 16.6. The topological polar surface area (TPSA) is 77.2 Å². The largest absolute Gasteiger partial charge is 0.444 e. The maximum Gasteiger partial charge on any atom is 0.407 e. The van der Waals surface area contributed by atoms with Crippen LogP contribution in [-0.2, 0) is 11.3 Å². The highest BCUT2D eigenvalue weighted by Gasteiger charge is 2.15. The number of hydrogen-bond donors (Lipinski definition) is 2. The lowest BCUT2D eigenvalue weighted by Gasteiger charge is -2.19. The van der Waals surface area contributed by atoms with Crippen molar-refractivity contribution in [3.05, 3.63) is 48.2 Å². The number of nitrogens with zero attached hydrogens (tertiary/aromatic N) is 1. The lowest BCUT2D eigenvalue weighted by atomic mass is 10.1. The van der Waals surface area contributed by atoms with E-state index in [0.29, 0.717) is 6.54 Å². The second-order valence-corrected chi connectivity index (χ2v) is 6.03. The summed E-state index contributed by atoms with van der Waals surface area (Å²) in [6.45, 7) is 5.87. The van der Waals surface area contributed by atoms with Crippen molar-refractivity contribution >= 4 is 11.8 Å². The van der Waals surface area contributed by atoms with Gasteiger partial charge in [-0.2, -0.15) is 0 Å². The second kappa shape index (κ2) is 6.47. The van der Waals surface area contributed by atoms with Gasteiger partial charge in [-0.3, -0.25) is 4.98 Å². The molecule has 0 radical (unpaired) electrons. The zero-order chi connectivity index (χ0) is 16.2. The third-order valence-corrected chi connectivity index (χ3v) is 2.87. The van der Waals surface area contributed by atoms with Crippen molar-refractivity contribution in [1.82, 2.24) is 10.3 Å². The van der Waals surface area contributed by atoms with Crippen LogP contribution in [0.25, 0.3) is 11.3 Å². The number of pyridine rings is 1. The number of benzene rings is 1. The molecule has 0 bridgehead atoms. The SMILES string of the molecule is CC(C)(C)OC(=O)NCc1ccc(-c2ccc(N)cc2)nc1. The van der Waals surface area contributed by atoms with Crippen LogP contribution in [0.2, 0.25) is 0 Å². The summed E-state index contributed by atoms with van der Waals surface area (Å²) in [6, 6.07) is 11.4. The van der Waals surface area contributed by atoms with Gasteiger partial charge in [0, 0.05) is 24.0 Å². The standard InChI is InChI=1S/C17H21N3O2/c1-17(2,3)22-16(21)20-11-12-4-9-15(19-10-12)13-5-7-14(18)8-6-13/h4-10H,11,18H2,1-3H3,(H,20,21). The first-order valence-corrected chi connectivity index (χ1v) is 7.11. The molecular weight excluding hydrogens is 278 g/mol. The Labute approximate surface area is 130 Å². The van der Waals surface area contributed by atoms with Gasteiger partial charge in [-0.05, 0) is 44.5 Å². The number of carbonyl (C=O) groups is 1. The first-order valence-electron chi connectivity index (χ1n) is 7.11. The van der Waals surface area contributed by atoms with Crippen molar-refractivity contribution in [1.29, 1.82) is 0 Å². The van der Waals surface area contributed by atoms with Crippen LogP contribution < -0.4 is 11.1 Å². The fourth-order valence-corrected chi connectivity index (χ4v) is 1.84. The number of hydrogen-bond acceptors (Lipinski definition) is 4. The quantitative estimate of drug-likeness (QED) is 0.852. The van der Waals surface area contributed by atoms with Gasteiger partial charge in [0.05, 0.1) is 5.69 Å². The molecule has 1 heterocycles. The predicted molar refractivity (Wildman–Crippen MR) is 87.2 cm³/mol. The van der Waals surface area contributed by atoms with Gasteiger partial charge in [0.1, 0.15) is 5.60 Å². The maximum atomic E-state index is 11.6. The molecule has 5 nitrogen and oxygen atoms in total. The number of nitrogens with one attached hydrogen (secondary N) is 1. The zero-order valence-corrected chi connectivity index (χ0v) is 13.1. The fraction of sp³-hybridized carbons (Fsp3) is 0.294. The molecular formula is C17H21N3O2. The molecule has 1 aromatic heterocycles. The van der Waals surface area contributed by atoms with E-state index in [1.807, 2.05) is 57.2 Å². The number of carbonyl (C=O) groups excluding carboxylic acids is 1. The Hall–Kier alpha value is -2.56. The Balaban J connectivity index is 1.95. The molecule has 0 fully saturated rings. The lowest BCUT2D eigenvalue weighted by Crippen LogP contribution is -2.32. The van der Waals surface area contributed by atoms with Crippen LogP contribution in [0.3, 0.4) is 0 Å². The van der Waals surface area contributed by atoms with Crippen molar-refractivity contribution in [2.24, 2.45) is 0 Å². The summed E-state index contributed by atoms with van der Waals surface area (Å²) in [4.78, 5) is 16.0. The molecule has 0 aliphatic carbocycles. The minimum Gasteiger partial charge on any atom is -0.444 e. The van der Waals surface area contributed by atoms with Crippen LogP contribution in [0.1, 0.15) is 26.3 Å². The summed E-state index contributed by atoms with van der Waals surface area (Å²) in [5, 5.41) is 2.70. The van der Waals surface area contributed by atoms with E-state index in [4.69, 9.17) is 10.5 Å². The van der Waals surface area contributed by atoms with Crippen molar-refractivity contribution in [3.63, 3.8) is 0 Å². The average Bonchev–Trinajstić information content (AvgIpc) is 2.45. The molecule has 0 aliphatic rings. The first-order chi connectivity index (χ1) is 10.3. The lowest BCUT2D eigenvalue weighted by molar-refractivity contribution is 0.0523. The Morgan fingerprint density at radius 3 is 2.41 bits per heavy atom. The highest BCUT2D eigenvalue weighted by Crippen LogP contribution is 2.18. The van der Waals surface area contributed by atoms with E-state index < -0.39 is 11.7 Å². The molecule has 0 aliphatic heterocycles. The summed E-state index contributed by atoms with van der Waals surface area (Å²) in [6.07, 6.45) is 1.30. The molecule has 0 spiro atoms. The second-order valence-electron chi connectivity index (χ2n) is 6.03. The van der Waals surface area contributed by atoms with E-state index >= 15 is 0 Å². The van der Waals surface area contributed by atoms with Gasteiger partial charge in [-0.15, -0.1) is 0 Å². The number of nitrogen functional groups attached to an aromatic ring is 1. The van der Waals surface area contributed by atoms with Gasteiger partial charge in [-0.25, -0.2) is 4.79 Å². The molecule has 0 atom stereocenters. The van der Waals surface area contributed by atoms with Crippen LogP contribution >= 0.6 is 0 Å². The monoisotopic (exact) mass is 299 g/mol. The van der Waals surface area contributed by atoms with Crippen molar-refractivity contribution < 1.29 is 9.53 Å². The molecule has 2 aromatic rings. The molecule has 3 N–H and O–H groups in total. The Morgan fingerprint density at radius 2 is 1.86 bits per heavy atom. The maximum absolute atomic E-state index is 11.6. The Kier molecular flexibility index (Phi) is 4.65. The van der Waals surface area contributed by atoms with E-state index in [1.54, 1.807) is 6.20 Å². The first kappa shape index (κ1) is 15.8. The molecule has 0 unspecified atom stereocenters. The van der Waals surface area contributed by atoms with Crippen molar-refractivity contribution in [2.75, 3.05) is 5.73 Å². The molecule has 5 heteroatoms. The number of rotatable bonds is 3. The van der Waals surface area contributed by atoms with Gasteiger partial charge in [-0.1, -0.05) is 18.2 Å². The smallest absolute Gasteiger partial charge is 0.407 e. The molecule has 2 rings (SSSR count). The molecule has 1 aromatic carbocycles. The predicted octanol–water partition coefficient (Wildman–Crippen LogP) is 3.36. The average molecular weight is 299 g/mol. The number of amides is 1. The molecule has 22 heavy (non-hydrogen) atoms. The van der Waals surface area contributed by atoms with Crippen molar-refractivity contribution in [2.45, 2.75) is 32.9 Å². The van der Waals surface area contributed by atoms with Crippen molar-refractivity contribution in [3.8, 4) is 11.3 Å². The van der Waals surface area contributed by atoms with Gasteiger partial charge in [0.2, 0.25) is 0 Å². The van der Waals surface area contributed by atoms with E-state index in [1.165, 1.54) is 0 Å². The number of nitrogens with two attached hydrogens (primary N) is 1. The molecule has 116 valence electrons. The molecule has 0 saturated heterocycles. The minimum absolute atomic E-state index is 0.379. The van der Waals surface area contributed by atoms with E-state index in [2.05, 4.69) is 10.3 Å². The van der Waals surface area contributed by atoms with Gasteiger partial charge < -0.3 is 15.8 Å². The number of anilines is 1. The third-order valence-electron chi connectivity index (χ3n) is 2.87. The van der Waals surface area contributed by atoms with Crippen LogP contribution in [0.5, 0.6) is 0 Å². The number of aromatic nitrogens is 1. The Bertz CT molecular complexity index is 628. The van der Waals surface area contributed by atoms with Crippen LogP contribution in [-0.4, -0.2) is 16.7 Å². The van der Waals surface area contributed by atoms with Gasteiger partial charge in [0.25, 0.3) is 0 Å². The van der Waals surface area contributed by atoms with Crippen LogP contribution in [0, 0.1) is 0 Å². The number of alkyl carbamates (subject to hydrolysis) is 1. The summed E-state index contributed by atoms with van der Waals surface area (Å²) < 4.78 is 5.18. The van der Waals surface area contributed by atoms with E-state index in [-0.39, 0.29) is 0 Å². The molecule has 0 saturated carbocycles. The highest BCUT2D eigenvalue weighted by molar-refractivity contribution is 5.67. The fourth-order valence-electron chi connectivity index (χ4n) is 1.84. The third kappa shape index (κ3) is 4.77. The summed E-state index contributed by atoms with van der Waals surface area (Å²) in [5.41, 5.74) is 8.66. The molecule has 1 amide bonds. The van der Waals surface area contributed by atoms with Crippen LogP contribution in [0.15, 0.2) is 42.6 Å². The van der Waals surface area contributed by atoms with Gasteiger partial charge >= 0.3 is 6.09 Å². The van der Waals surface area contributed by atoms with E-state index in [9.17, 15) is 4.79 Å². The summed E-state index contributed by atoms with van der Waals surface area (Å²) in [7, 11) is 0. The summed E-state index contributed by atoms with van der Waals surface area (Å²) in [5.74, 6) is 0. The van der Waals surface area contributed by atoms with Gasteiger partial charge in [0.15, 0.2) is 0 Å².